The monoisotopic (exact) mass is 188 g/mol. The van der Waals surface area contributed by atoms with Crippen molar-refractivity contribution in [2.45, 2.75) is 32.0 Å². The summed E-state index contributed by atoms with van der Waals surface area (Å²) in [7, 11) is 0. The number of halogens is 1. The lowest BCUT2D eigenvalue weighted by atomic mass is 10.2. The van der Waals surface area contributed by atoms with Crippen LogP contribution in [0.2, 0.25) is 5.28 Å². The molecule has 12 heavy (non-hydrogen) atoms. The van der Waals surface area contributed by atoms with Gasteiger partial charge in [0.05, 0.1) is 6.10 Å². The van der Waals surface area contributed by atoms with Crippen LogP contribution in [0, 0.1) is 0 Å². The maximum atomic E-state index is 5.51. The second-order valence-corrected chi connectivity index (χ2v) is 3.25. The summed E-state index contributed by atoms with van der Waals surface area (Å²) in [5, 5.41) is 3.63. The Morgan fingerprint density at radius 3 is 2.83 bits per heavy atom. The largest absolute Gasteiger partial charge is 0.365 e. The molecule has 1 fully saturated rings. The van der Waals surface area contributed by atoms with Crippen molar-refractivity contribution in [3.8, 4) is 0 Å². The minimum atomic E-state index is -0.0556. The van der Waals surface area contributed by atoms with Gasteiger partial charge < -0.3 is 9.26 Å². The molecule has 0 spiro atoms. The maximum absolute atomic E-state index is 5.51. The molecule has 1 aromatic heterocycles. The van der Waals surface area contributed by atoms with Crippen LogP contribution in [0.5, 0.6) is 0 Å². The van der Waals surface area contributed by atoms with Gasteiger partial charge in [-0.25, -0.2) is 0 Å². The Bertz CT molecular complexity index is 276. The first-order chi connectivity index (χ1) is 5.75. The Balaban J connectivity index is 2.11. The molecule has 0 saturated carbocycles. The third-order valence-corrected chi connectivity index (χ3v) is 2.08. The van der Waals surface area contributed by atoms with E-state index in [1.54, 1.807) is 0 Å². The van der Waals surface area contributed by atoms with Crippen molar-refractivity contribution in [2.24, 2.45) is 0 Å². The molecule has 0 amide bonds. The van der Waals surface area contributed by atoms with E-state index in [0.29, 0.717) is 5.89 Å². The van der Waals surface area contributed by atoms with Gasteiger partial charge in [-0.2, -0.15) is 4.98 Å². The van der Waals surface area contributed by atoms with E-state index in [0.717, 1.165) is 12.8 Å². The highest BCUT2D eigenvalue weighted by atomic mass is 35.5. The molecule has 1 aliphatic rings. The summed E-state index contributed by atoms with van der Waals surface area (Å²) >= 11 is 5.50. The van der Waals surface area contributed by atoms with Gasteiger partial charge in [-0.05, 0) is 36.5 Å². The Kier molecular flexibility index (Phi) is 2.02. The number of nitrogens with zero attached hydrogens (tertiary/aromatic N) is 2. The van der Waals surface area contributed by atoms with Crippen molar-refractivity contribution in [3.05, 3.63) is 11.2 Å². The predicted octanol–water partition coefficient (Wildman–Crippen LogP) is 1.96. The molecule has 2 rings (SSSR count). The highest BCUT2D eigenvalue weighted by Crippen LogP contribution is 2.31. The molecule has 0 aliphatic carbocycles. The summed E-state index contributed by atoms with van der Waals surface area (Å²) in [5.41, 5.74) is 0. The second-order valence-electron chi connectivity index (χ2n) is 2.91. The molecule has 0 radical (unpaired) electrons. The van der Waals surface area contributed by atoms with Crippen LogP contribution in [0.25, 0.3) is 0 Å². The highest BCUT2D eigenvalue weighted by Gasteiger charge is 2.27. The SMILES string of the molecule is CC1CCC(c2nc(Cl)no2)O1. The van der Waals surface area contributed by atoms with E-state index in [2.05, 4.69) is 10.1 Å². The molecule has 1 saturated heterocycles. The zero-order valence-corrected chi connectivity index (χ0v) is 7.41. The summed E-state index contributed by atoms with van der Waals surface area (Å²) in [6.07, 6.45) is 2.19. The first kappa shape index (κ1) is 8.01. The van der Waals surface area contributed by atoms with Crippen LogP contribution in [0.3, 0.4) is 0 Å². The summed E-state index contributed by atoms with van der Waals surface area (Å²) in [6.45, 7) is 2.03. The molecule has 2 atom stereocenters. The van der Waals surface area contributed by atoms with Gasteiger partial charge in [0.25, 0.3) is 11.2 Å². The molecule has 1 aromatic rings. The van der Waals surface area contributed by atoms with Crippen molar-refractivity contribution < 1.29 is 9.26 Å². The van der Waals surface area contributed by atoms with E-state index in [-0.39, 0.29) is 17.5 Å². The van der Waals surface area contributed by atoms with Gasteiger partial charge in [0.2, 0.25) is 0 Å². The molecular weight excluding hydrogens is 180 g/mol. The fourth-order valence-corrected chi connectivity index (χ4v) is 1.45. The first-order valence-corrected chi connectivity index (χ1v) is 4.28. The van der Waals surface area contributed by atoms with Crippen molar-refractivity contribution in [1.29, 1.82) is 0 Å². The van der Waals surface area contributed by atoms with E-state index in [1.165, 1.54) is 0 Å². The third-order valence-electron chi connectivity index (χ3n) is 1.92. The molecule has 5 heteroatoms. The molecule has 0 bridgehead atoms. The second kappa shape index (κ2) is 3.03. The van der Waals surface area contributed by atoms with E-state index in [4.69, 9.17) is 20.9 Å². The van der Waals surface area contributed by atoms with Crippen molar-refractivity contribution in [3.63, 3.8) is 0 Å². The number of ether oxygens (including phenoxy) is 1. The first-order valence-electron chi connectivity index (χ1n) is 3.90. The standard InChI is InChI=1S/C7H9ClN2O2/c1-4-2-3-5(11-4)6-9-7(8)10-12-6/h4-5H,2-3H2,1H3. The molecule has 2 unspecified atom stereocenters. The van der Waals surface area contributed by atoms with Gasteiger partial charge in [0.15, 0.2) is 0 Å². The average Bonchev–Trinajstić information content (AvgIpc) is 2.58. The third kappa shape index (κ3) is 1.44. The molecule has 66 valence electrons. The molecule has 0 aromatic carbocycles. The van der Waals surface area contributed by atoms with Crippen LogP contribution in [-0.4, -0.2) is 16.2 Å². The van der Waals surface area contributed by atoms with Gasteiger partial charge >= 0.3 is 0 Å². The minimum absolute atomic E-state index is 0.0556. The van der Waals surface area contributed by atoms with Gasteiger partial charge in [0.1, 0.15) is 6.10 Å². The highest BCUT2D eigenvalue weighted by molar-refractivity contribution is 6.28. The minimum Gasteiger partial charge on any atom is -0.365 e. The average molecular weight is 189 g/mol. The van der Waals surface area contributed by atoms with Crippen LogP contribution >= 0.6 is 11.6 Å². The van der Waals surface area contributed by atoms with Crippen molar-refractivity contribution in [2.75, 3.05) is 0 Å². The molecular formula is C7H9ClN2O2. The fourth-order valence-electron chi connectivity index (χ4n) is 1.33. The van der Waals surface area contributed by atoms with E-state index >= 15 is 0 Å². The summed E-state index contributed by atoms with van der Waals surface area (Å²) in [6, 6.07) is 0. The summed E-state index contributed by atoms with van der Waals surface area (Å²) in [4.78, 5) is 3.89. The molecule has 4 nitrogen and oxygen atoms in total. The molecule has 0 N–H and O–H groups in total. The number of hydrogen-bond acceptors (Lipinski definition) is 4. The van der Waals surface area contributed by atoms with E-state index in [1.807, 2.05) is 6.92 Å². The molecule has 2 heterocycles. The quantitative estimate of drug-likeness (QED) is 0.676. The summed E-state index contributed by atoms with van der Waals surface area (Å²) in [5.74, 6) is 0.490. The normalized spacial score (nSPS) is 29.5. The van der Waals surface area contributed by atoms with E-state index < -0.39 is 0 Å². The lowest BCUT2D eigenvalue weighted by Gasteiger charge is -2.04. The number of hydrogen-bond donors (Lipinski definition) is 0. The lowest BCUT2D eigenvalue weighted by molar-refractivity contribution is 0.0355. The number of aromatic nitrogens is 2. The van der Waals surface area contributed by atoms with Gasteiger partial charge in [-0.3, -0.25) is 0 Å². The lowest BCUT2D eigenvalue weighted by Crippen LogP contribution is -2.00. The fraction of sp³-hybridized carbons (Fsp3) is 0.714. The summed E-state index contributed by atoms with van der Waals surface area (Å²) < 4.78 is 10.4. The maximum Gasteiger partial charge on any atom is 0.263 e. The van der Waals surface area contributed by atoms with Crippen molar-refractivity contribution >= 4 is 11.6 Å². The van der Waals surface area contributed by atoms with Crippen LogP contribution in [0.4, 0.5) is 0 Å². The Labute approximate surface area is 74.9 Å². The van der Waals surface area contributed by atoms with Gasteiger partial charge in [0, 0.05) is 0 Å². The Morgan fingerprint density at radius 2 is 2.33 bits per heavy atom. The smallest absolute Gasteiger partial charge is 0.263 e. The van der Waals surface area contributed by atoms with Crippen LogP contribution in [-0.2, 0) is 4.74 Å². The van der Waals surface area contributed by atoms with E-state index in [9.17, 15) is 0 Å². The molecule has 1 aliphatic heterocycles. The van der Waals surface area contributed by atoms with Crippen LogP contribution in [0.1, 0.15) is 31.8 Å². The predicted molar refractivity (Wildman–Crippen MR) is 41.8 cm³/mol. The zero-order chi connectivity index (χ0) is 8.55. The Morgan fingerprint density at radius 1 is 1.50 bits per heavy atom. The number of rotatable bonds is 1. The van der Waals surface area contributed by atoms with Gasteiger partial charge in [-0.15, -0.1) is 0 Å². The topological polar surface area (TPSA) is 48.2 Å². The Hall–Kier alpha value is -0.610. The van der Waals surface area contributed by atoms with Crippen molar-refractivity contribution in [1.82, 2.24) is 10.1 Å². The van der Waals surface area contributed by atoms with Gasteiger partial charge in [-0.1, -0.05) is 0 Å². The van der Waals surface area contributed by atoms with Crippen LogP contribution < -0.4 is 0 Å². The zero-order valence-electron chi connectivity index (χ0n) is 6.66. The van der Waals surface area contributed by atoms with Crippen LogP contribution in [0.15, 0.2) is 4.52 Å².